The topological polar surface area (TPSA) is 547 Å². The molecule has 0 aliphatic heterocycles. The molecule has 1 radical (unpaired) electrons. The molecule has 0 amide bonds. The van der Waals surface area contributed by atoms with E-state index < -0.39 is 35.8 Å². The van der Waals surface area contributed by atoms with Crippen LogP contribution in [0.1, 0.15) is 17.1 Å². The van der Waals surface area contributed by atoms with Crippen LogP contribution in [0, 0.1) is 0 Å². The van der Waals surface area contributed by atoms with Crippen molar-refractivity contribution in [3.63, 3.8) is 0 Å². The third kappa shape index (κ3) is 55.4. The van der Waals surface area contributed by atoms with Gasteiger partial charge in [-0.05, 0) is 36.4 Å². The van der Waals surface area contributed by atoms with Gasteiger partial charge < -0.3 is 109 Å². The van der Waals surface area contributed by atoms with E-state index in [2.05, 4.69) is 15.0 Å². The van der Waals surface area contributed by atoms with Gasteiger partial charge in [-0.25, -0.2) is 0 Å². The third-order valence-corrected chi connectivity index (χ3v) is 3.31. The third-order valence-electron chi connectivity index (χ3n) is 3.31. The molecule has 0 spiro atoms. The Labute approximate surface area is 303 Å². The van der Waals surface area contributed by atoms with Crippen LogP contribution in [0.25, 0.3) is 0 Å². The van der Waals surface area contributed by atoms with Crippen molar-refractivity contribution in [2.24, 2.45) is 17.2 Å². The number of hydrogen-bond acceptors (Lipinski definition) is 18. The van der Waals surface area contributed by atoms with Crippen molar-refractivity contribution in [3.8, 4) is 0 Å². The molecule has 3 rings (SSSR count). The Bertz CT molecular complexity index is 1040. The predicted octanol–water partition coefficient (Wildman–Crippen LogP) is -13.9. The maximum Gasteiger partial charge on any atom is 3.00 e. The van der Waals surface area contributed by atoms with Gasteiger partial charge in [0.25, 0.3) is 0 Å². The van der Waals surface area contributed by atoms with E-state index in [4.69, 9.17) is 76.6 Å². The van der Waals surface area contributed by atoms with Crippen LogP contribution in [0.2, 0.25) is 0 Å². The van der Waals surface area contributed by atoms with E-state index in [0.717, 1.165) is 17.1 Å². The molecular weight excluding hydrogens is 771 g/mol. The summed E-state index contributed by atoms with van der Waals surface area (Å²) in [5, 5.41) is 53.6. The molecule has 24 nitrogen and oxygen atoms in total. The quantitative estimate of drug-likeness (QED) is 0.207. The number of carbonyl (C=O) groups is 6. The van der Waals surface area contributed by atoms with Crippen molar-refractivity contribution < 1.29 is 126 Å². The van der Waals surface area contributed by atoms with Gasteiger partial charge >= 0.3 is 34.1 Å². The summed E-state index contributed by atoms with van der Waals surface area (Å²) in [6, 6.07) is 17.1. The molecule has 0 saturated carbocycles. The van der Waals surface area contributed by atoms with Crippen molar-refractivity contribution in [3.05, 3.63) is 90.3 Å². The van der Waals surface area contributed by atoms with Crippen molar-refractivity contribution in [2.75, 3.05) is 0 Å². The summed E-state index contributed by atoms with van der Waals surface area (Å²) in [5.41, 5.74) is 18.7. The standard InChI is InChI=1S/3C6H8N2.3C2H2O4.Co.Cr.6H2O/c3*7-5-6-3-1-2-4-8-6;3*3-1(4)2(5)6;;;;;;;;/h3*1-4H,5,7H2;3*(H,3,4)(H,5,6);;;6*1H2/q;;;;;;2*+3;;;;;;/p-6. The van der Waals surface area contributed by atoms with E-state index >= 15 is 0 Å². The number of hydrogen-bond donors (Lipinski definition) is 3. The smallest absolute Gasteiger partial charge is 0.543 e. The Morgan fingerprint density at radius 3 is 0.640 bits per heavy atom. The fourth-order valence-electron chi connectivity index (χ4n) is 1.56. The molecule has 0 unspecified atom stereocenters. The molecule has 285 valence electrons. The summed E-state index contributed by atoms with van der Waals surface area (Å²) in [4.78, 5) is 65.5. The van der Waals surface area contributed by atoms with E-state index in [1.165, 1.54) is 0 Å². The van der Waals surface area contributed by atoms with Gasteiger partial charge in [-0.15, -0.1) is 0 Å². The molecule has 18 N–H and O–H groups in total. The Hall–Kier alpha value is -5.05. The first kappa shape index (κ1) is 75.3. The molecule has 0 saturated heterocycles. The zero-order valence-electron chi connectivity index (χ0n) is 25.3. The normalized spacial score (nSPS) is 7.02. The van der Waals surface area contributed by atoms with Crippen molar-refractivity contribution >= 4 is 35.8 Å². The maximum absolute atomic E-state index is 8.93. The van der Waals surface area contributed by atoms with Crippen LogP contribution in [-0.2, 0) is 82.5 Å². The van der Waals surface area contributed by atoms with Crippen LogP contribution in [0.3, 0.4) is 0 Å². The van der Waals surface area contributed by atoms with Gasteiger partial charge in [-0.3, -0.25) is 15.0 Å². The van der Waals surface area contributed by atoms with Crippen LogP contribution in [0.15, 0.2) is 73.2 Å². The number of carbonyl (C=O) groups excluding carboxylic acids is 6. The van der Waals surface area contributed by atoms with E-state index in [-0.39, 0.29) is 67.0 Å². The van der Waals surface area contributed by atoms with E-state index in [1.54, 1.807) is 18.6 Å². The summed E-state index contributed by atoms with van der Waals surface area (Å²) in [6.45, 7) is 1.59. The van der Waals surface area contributed by atoms with E-state index in [0.29, 0.717) is 19.6 Å². The molecule has 0 aliphatic rings. The molecule has 3 heterocycles. The second-order valence-corrected chi connectivity index (χ2v) is 6.30. The molecule has 0 bridgehead atoms. The first-order valence-electron chi connectivity index (χ1n) is 10.8. The predicted molar refractivity (Wildman–Crippen MR) is 148 cm³/mol. The number of aliphatic carboxylic acids is 6. The van der Waals surface area contributed by atoms with Crippen molar-refractivity contribution in [1.82, 2.24) is 15.0 Å². The zero-order chi connectivity index (χ0) is 32.9. The van der Waals surface area contributed by atoms with Gasteiger partial charge in [0.05, 0.1) is 52.9 Å². The van der Waals surface area contributed by atoms with Gasteiger partial charge in [0.1, 0.15) is 0 Å². The first-order chi connectivity index (χ1) is 19.7. The average Bonchev–Trinajstić information content (AvgIpc) is 2.99. The van der Waals surface area contributed by atoms with Gasteiger partial charge in [-0.2, -0.15) is 0 Å². The molecule has 50 heavy (non-hydrogen) atoms. The summed E-state index contributed by atoms with van der Waals surface area (Å²) < 4.78 is 0. The fraction of sp³-hybridized carbons (Fsp3) is 0.125. The number of carboxylic acid groups (broad SMARTS) is 6. The van der Waals surface area contributed by atoms with Gasteiger partial charge in [0.15, 0.2) is 0 Å². The molecule has 0 atom stereocenters. The number of aromatic nitrogens is 3. The van der Waals surface area contributed by atoms with Gasteiger partial charge in [0.2, 0.25) is 0 Å². The maximum atomic E-state index is 8.93. The Balaban J connectivity index is -0.0000000395. The van der Waals surface area contributed by atoms with Crippen LogP contribution in [0.4, 0.5) is 0 Å². The molecule has 26 heteroatoms. The van der Waals surface area contributed by atoms with Crippen molar-refractivity contribution in [1.29, 1.82) is 0 Å². The number of rotatable bonds is 3. The minimum atomic E-state index is -2.19. The molecule has 0 fully saturated rings. The van der Waals surface area contributed by atoms with Crippen LogP contribution < -0.4 is 47.8 Å². The summed E-state index contributed by atoms with van der Waals surface area (Å²) in [6.07, 6.45) is 5.21. The number of pyridine rings is 3. The Kier molecular flexibility index (Phi) is 76.5. The van der Waals surface area contributed by atoms with Gasteiger partial charge in [-0.1, -0.05) is 18.2 Å². The molecule has 3 aromatic rings. The van der Waals surface area contributed by atoms with E-state index in [1.807, 2.05) is 54.6 Å². The second kappa shape index (κ2) is 50.8. The monoisotopic (exact) mass is 807 g/mol. The zero-order valence-corrected chi connectivity index (χ0v) is 27.6. The van der Waals surface area contributed by atoms with Crippen LogP contribution in [0.5, 0.6) is 0 Å². The average molecular weight is 808 g/mol. The fourth-order valence-corrected chi connectivity index (χ4v) is 1.56. The summed E-state index contributed by atoms with van der Waals surface area (Å²) in [7, 11) is 0. The molecule has 0 aromatic carbocycles. The summed E-state index contributed by atoms with van der Waals surface area (Å²) in [5.74, 6) is -13.1. The molecular formula is C24H36CoCrN6O18. The Morgan fingerprint density at radius 1 is 0.420 bits per heavy atom. The number of nitrogens with two attached hydrogens (primary N) is 3. The van der Waals surface area contributed by atoms with Crippen LogP contribution >= 0.6 is 0 Å². The largest absolute Gasteiger partial charge is 3.00 e. The second-order valence-electron chi connectivity index (χ2n) is 6.30. The molecule has 3 aromatic heterocycles. The molecule has 0 aliphatic carbocycles. The first-order valence-corrected chi connectivity index (χ1v) is 10.8. The van der Waals surface area contributed by atoms with Crippen LogP contribution in [-0.4, -0.2) is 83.6 Å². The Morgan fingerprint density at radius 2 is 0.580 bits per heavy atom. The number of nitrogens with zero attached hydrogens (tertiary/aromatic N) is 3. The minimum absolute atomic E-state index is 0. The summed E-state index contributed by atoms with van der Waals surface area (Å²) >= 11 is 0. The number of carboxylic acids is 6. The SMILES string of the molecule is NCc1ccccn1.NCc1ccccn1.NCc1ccccn1.O.O.O.O.O.O.O=C([O-])C(=O)[O-].O=C([O-])C(=O)[O-].O=C([O-])C(=O)[O-].[Co+3].[Cr+3]. The van der Waals surface area contributed by atoms with E-state index in [9.17, 15) is 0 Å². The van der Waals surface area contributed by atoms with Gasteiger partial charge in [0, 0.05) is 38.2 Å². The van der Waals surface area contributed by atoms with Crippen molar-refractivity contribution in [2.45, 2.75) is 19.6 Å². The minimum Gasteiger partial charge on any atom is -0.543 e.